The van der Waals surface area contributed by atoms with Crippen LogP contribution in [0.2, 0.25) is 0 Å². The van der Waals surface area contributed by atoms with Crippen molar-refractivity contribution >= 4 is 5.69 Å². The maximum absolute atomic E-state index is 3.17. The Hall–Kier alpha value is -0.980. The second-order valence-corrected chi connectivity index (χ2v) is 7.29. The van der Waals surface area contributed by atoms with E-state index in [-0.39, 0.29) is 0 Å². The Labute approximate surface area is 151 Å². The van der Waals surface area contributed by atoms with Crippen LogP contribution < -0.4 is 5.32 Å². The lowest BCUT2D eigenvalue weighted by Crippen LogP contribution is -1.90. The summed E-state index contributed by atoms with van der Waals surface area (Å²) in [6, 6.07) is 8.88. The zero-order valence-electron chi connectivity index (χ0n) is 16.4. The van der Waals surface area contributed by atoms with Gasteiger partial charge in [0.05, 0.1) is 0 Å². The number of aryl methyl sites for hydroxylation is 1. The summed E-state index contributed by atoms with van der Waals surface area (Å²) in [5, 5.41) is 3.17. The minimum Gasteiger partial charge on any atom is -0.388 e. The zero-order chi connectivity index (χ0) is 17.3. The molecule has 138 valence electrons. The topological polar surface area (TPSA) is 12.0 Å². The third-order valence-corrected chi connectivity index (χ3v) is 5.06. The van der Waals surface area contributed by atoms with E-state index in [0.717, 1.165) is 0 Å². The van der Waals surface area contributed by atoms with Crippen LogP contribution in [0.15, 0.2) is 24.3 Å². The van der Waals surface area contributed by atoms with Gasteiger partial charge in [0.2, 0.25) is 0 Å². The van der Waals surface area contributed by atoms with Gasteiger partial charge < -0.3 is 5.32 Å². The van der Waals surface area contributed by atoms with Crippen molar-refractivity contribution < 1.29 is 0 Å². The minimum absolute atomic E-state index is 1.21. The molecule has 1 rings (SSSR count). The number of anilines is 1. The molecule has 0 saturated heterocycles. The SMILES string of the molecule is CCCCCCCCCCCCCCCCc1ccc(NC)cc1. The average molecular weight is 332 g/mol. The molecule has 0 amide bonds. The summed E-state index contributed by atoms with van der Waals surface area (Å²) in [6.45, 7) is 2.29. The Balaban J connectivity index is 1.80. The molecule has 0 aromatic heterocycles. The monoisotopic (exact) mass is 331 g/mol. The van der Waals surface area contributed by atoms with Crippen LogP contribution in [0.3, 0.4) is 0 Å². The van der Waals surface area contributed by atoms with Crippen molar-refractivity contribution in [1.29, 1.82) is 0 Å². The average Bonchev–Trinajstić information content (AvgIpc) is 2.62. The Bertz CT molecular complexity index is 368. The maximum Gasteiger partial charge on any atom is 0.0337 e. The first kappa shape index (κ1) is 21.1. The van der Waals surface area contributed by atoms with E-state index in [1.807, 2.05) is 7.05 Å². The Morgan fingerprint density at radius 2 is 1.00 bits per heavy atom. The van der Waals surface area contributed by atoms with Crippen LogP contribution in [0, 0.1) is 0 Å². The van der Waals surface area contributed by atoms with E-state index in [1.165, 1.54) is 108 Å². The van der Waals surface area contributed by atoms with Crippen molar-refractivity contribution in [2.24, 2.45) is 0 Å². The molecule has 0 heterocycles. The smallest absolute Gasteiger partial charge is 0.0337 e. The van der Waals surface area contributed by atoms with E-state index in [9.17, 15) is 0 Å². The lowest BCUT2D eigenvalue weighted by Gasteiger charge is -2.05. The summed E-state index contributed by atoms with van der Waals surface area (Å²) >= 11 is 0. The van der Waals surface area contributed by atoms with E-state index >= 15 is 0 Å². The fraction of sp³-hybridized carbons (Fsp3) is 0.739. The van der Waals surface area contributed by atoms with Gasteiger partial charge in [-0.15, -0.1) is 0 Å². The Kier molecular flexibility index (Phi) is 13.6. The van der Waals surface area contributed by atoms with Crippen LogP contribution in [0.4, 0.5) is 5.69 Å². The molecule has 0 atom stereocenters. The molecule has 0 aliphatic heterocycles. The molecule has 0 saturated carbocycles. The van der Waals surface area contributed by atoms with Crippen LogP contribution >= 0.6 is 0 Å². The van der Waals surface area contributed by atoms with E-state index in [0.29, 0.717) is 0 Å². The highest BCUT2D eigenvalue weighted by Gasteiger charge is 1.96. The quantitative estimate of drug-likeness (QED) is 0.305. The van der Waals surface area contributed by atoms with Gasteiger partial charge in [0.1, 0.15) is 0 Å². The molecule has 0 unspecified atom stereocenters. The predicted molar refractivity (Wildman–Crippen MR) is 110 cm³/mol. The first-order valence-corrected chi connectivity index (χ1v) is 10.6. The fourth-order valence-electron chi connectivity index (χ4n) is 3.36. The molecule has 1 heteroatoms. The van der Waals surface area contributed by atoms with E-state index in [4.69, 9.17) is 0 Å². The number of unbranched alkanes of at least 4 members (excludes halogenated alkanes) is 13. The number of hydrogen-bond acceptors (Lipinski definition) is 1. The standard InChI is InChI=1S/C23H41N/c1-3-4-5-6-7-8-9-10-11-12-13-14-15-16-17-22-18-20-23(24-2)21-19-22/h18-21,24H,3-17H2,1-2H3. The molecular weight excluding hydrogens is 290 g/mol. The number of nitrogens with one attached hydrogen (secondary N) is 1. The van der Waals surface area contributed by atoms with Gasteiger partial charge in [0.25, 0.3) is 0 Å². The van der Waals surface area contributed by atoms with E-state index < -0.39 is 0 Å². The summed E-state index contributed by atoms with van der Waals surface area (Å²) in [4.78, 5) is 0. The summed E-state index contributed by atoms with van der Waals surface area (Å²) in [5.41, 5.74) is 2.69. The van der Waals surface area contributed by atoms with Gasteiger partial charge in [0, 0.05) is 12.7 Å². The third-order valence-electron chi connectivity index (χ3n) is 5.06. The van der Waals surface area contributed by atoms with Crippen molar-refractivity contribution in [3.63, 3.8) is 0 Å². The lowest BCUT2D eigenvalue weighted by molar-refractivity contribution is 0.535. The van der Waals surface area contributed by atoms with Crippen LogP contribution in [0.1, 0.15) is 102 Å². The van der Waals surface area contributed by atoms with Gasteiger partial charge in [0.15, 0.2) is 0 Å². The van der Waals surface area contributed by atoms with Crippen molar-refractivity contribution in [2.45, 2.75) is 103 Å². The second kappa shape index (κ2) is 15.5. The molecule has 1 N–H and O–H groups in total. The van der Waals surface area contributed by atoms with Gasteiger partial charge in [-0.25, -0.2) is 0 Å². The molecule has 0 radical (unpaired) electrons. The summed E-state index contributed by atoms with van der Waals surface area (Å²) in [5.74, 6) is 0. The molecule has 0 aliphatic carbocycles. The van der Waals surface area contributed by atoms with Crippen LogP contribution in [-0.2, 0) is 6.42 Å². The second-order valence-electron chi connectivity index (χ2n) is 7.29. The molecule has 0 bridgehead atoms. The summed E-state index contributed by atoms with van der Waals surface area (Å²) in [6.07, 6.45) is 21.3. The van der Waals surface area contributed by atoms with Crippen molar-refractivity contribution in [3.8, 4) is 0 Å². The lowest BCUT2D eigenvalue weighted by atomic mass is 10.0. The van der Waals surface area contributed by atoms with Gasteiger partial charge >= 0.3 is 0 Å². The van der Waals surface area contributed by atoms with Gasteiger partial charge in [-0.3, -0.25) is 0 Å². The fourth-order valence-corrected chi connectivity index (χ4v) is 3.36. The van der Waals surface area contributed by atoms with Crippen molar-refractivity contribution in [1.82, 2.24) is 0 Å². The first-order valence-electron chi connectivity index (χ1n) is 10.6. The van der Waals surface area contributed by atoms with E-state index in [2.05, 4.69) is 36.5 Å². The van der Waals surface area contributed by atoms with Gasteiger partial charge in [-0.05, 0) is 30.5 Å². The summed E-state index contributed by atoms with van der Waals surface area (Å²) < 4.78 is 0. The molecule has 0 fully saturated rings. The molecule has 1 aromatic carbocycles. The van der Waals surface area contributed by atoms with Crippen molar-refractivity contribution in [3.05, 3.63) is 29.8 Å². The third kappa shape index (κ3) is 11.5. The van der Waals surface area contributed by atoms with Gasteiger partial charge in [-0.2, -0.15) is 0 Å². The molecule has 0 aliphatic rings. The highest BCUT2D eigenvalue weighted by molar-refractivity contribution is 5.43. The number of hydrogen-bond donors (Lipinski definition) is 1. The Morgan fingerprint density at radius 1 is 0.583 bits per heavy atom. The normalized spacial score (nSPS) is 10.9. The largest absolute Gasteiger partial charge is 0.388 e. The van der Waals surface area contributed by atoms with Crippen LogP contribution in [0.5, 0.6) is 0 Å². The molecule has 1 aromatic rings. The zero-order valence-corrected chi connectivity index (χ0v) is 16.4. The van der Waals surface area contributed by atoms with Crippen LogP contribution in [-0.4, -0.2) is 7.05 Å². The number of rotatable bonds is 16. The summed E-state index contributed by atoms with van der Waals surface area (Å²) in [7, 11) is 1.97. The van der Waals surface area contributed by atoms with Crippen LogP contribution in [0.25, 0.3) is 0 Å². The molecule has 1 nitrogen and oxygen atoms in total. The van der Waals surface area contributed by atoms with Crippen molar-refractivity contribution in [2.75, 3.05) is 12.4 Å². The molecule has 0 spiro atoms. The minimum atomic E-state index is 1.21. The number of benzene rings is 1. The maximum atomic E-state index is 3.17. The first-order chi connectivity index (χ1) is 11.9. The predicted octanol–water partition coefficient (Wildman–Crippen LogP) is 7.75. The molecule has 24 heavy (non-hydrogen) atoms. The van der Waals surface area contributed by atoms with E-state index in [1.54, 1.807) is 0 Å². The highest BCUT2D eigenvalue weighted by Crippen LogP contribution is 2.15. The highest BCUT2D eigenvalue weighted by atomic mass is 14.8. The molecular formula is C23H41N. The Morgan fingerprint density at radius 3 is 1.42 bits per heavy atom. The van der Waals surface area contributed by atoms with Gasteiger partial charge in [-0.1, -0.05) is 103 Å².